The average Bonchev–Trinajstić information content (AvgIpc) is 2.67. The Hall–Kier alpha value is -1.83. The van der Waals surface area contributed by atoms with Crippen LogP contribution in [-0.2, 0) is 6.42 Å². The van der Waals surface area contributed by atoms with Crippen LogP contribution in [0.15, 0.2) is 0 Å². The van der Waals surface area contributed by atoms with Gasteiger partial charge < -0.3 is 5.32 Å². The highest BCUT2D eigenvalue weighted by Gasteiger charge is 2.13. The Balaban J connectivity index is 2.56. The molecule has 0 saturated heterocycles. The van der Waals surface area contributed by atoms with E-state index in [2.05, 4.69) is 26.4 Å². The van der Waals surface area contributed by atoms with Crippen LogP contribution in [0.25, 0.3) is 0 Å². The first-order valence-corrected chi connectivity index (χ1v) is 5.33. The monoisotopic (exact) mass is 220 g/mol. The number of hydrogen-bond donors (Lipinski definition) is 2. The smallest absolute Gasteiger partial charge is 0.291 e. The summed E-state index contributed by atoms with van der Waals surface area (Å²) in [6.07, 6.45) is 7.40. The summed E-state index contributed by atoms with van der Waals surface area (Å²) in [6, 6.07) is -0.0642. The Morgan fingerprint density at radius 1 is 1.69 bits per heavy atom. The largest absolute Gasteiger partial charge is 0.346 e. The molecule has 5 heteroatoms. The number of terminal acetylenes is 1. The molecule has 1 atom stereocenters. The second-order valence-corrected chi connectivity index (χ2v) is 3.64. The molecule has 5 nitrogen and oxygen atoms in total. The number of aryl methyl sites for hydroxylation is 1. The lowest BCUT2D eigenvalue weighted by Crippen LogP contribution is -2.32. The van der Waals surface area contributed by atoms with Crippen molar-refractivity contribution in [2.75, 3.05) is 0 Å². The van der Waals surface area contributed by atoms with Crippen molar-refractivity contribution in [3.63, 3.8) is 0 Å². The molecule has 0 radical (unpaired) electrons. The molecule has 1 aromatic heterocycles. The van der Waals surface area contributed by atoms with Crippen LogP contribution in [0, 0.1) is 12.3 Å². The van der Waals surface area contributed by atoms with E-state index in [0.29, 0.717) is 6.42 Å². The maximum atomic E-state index is 11.6. The number of carbonyl (C=O) groups excluding carboxylic acids is 1. The number of amides is 1. The molecule has 0 bridgehead atoms. The number of carbonyl (C=O) groups is 1. The van der Waals surface area contributed by atoms with E-state index < -0.39 is 0 Å². The lowest BCUT2D eigenvalue weighted by atomic mass is 10.2. The van der Waals surface area contributed by atoms with Gasteiger partial charge in [-0.05, 0) is 13.3 Å². The first-order valence-electron chi connectivity index (χ1n) is 5.33. The molecule has 86 valence electrons. The van der Waals surface area contributed by atoms with Gasteiger partial charge in [-0.25, -0.2) is 4.98 Å². The molecule has 1 rings (SSSR count). The standard InChI is InChI=1S/C11H16N4O/c1-4-6-8(3)12-11(16)10-13-9(7-5-2)14-15-10/h1,8H,5-7H2,2-3H3,(H,12,16)(H,13,14,15). The normalized spacial score (nSPS) is 11.8. The summed E-state index contributed by atoms with van der Waals surface area (Å²) in [4.78, 5) is 15.7. The molecule has 1 unspecified atom stereocenters. The molecule has 1 amide bonds. The minimum absolute atomic E-state index is 0.0642. The van der Waals surface area contributed by atoms with Crippen LogP contribution in [0.4, 0.5) is 0 Å². The summed E-state index contributed by atoms with van der Waals surface area (Å²) in [5.74, 6) is 3.10. The molecule has 0 spiro atoms. The van der Waals surface area contributed by atoms with E-state index in [9.17, 15) is 4.79 Å². The third kappa shape index (κ3) is 3.39. The van der Waals surface area contributed by atoms with E-state index >= 15 is 0 Å². The van der Waals surface area contributed by atoms with Crippen LogP contribution in [-0.4, -0.2) is 27.1 Å². The van der Waals surface area contributed by atoms with E-state index in [-0.39, 0.29) is 17.8 Å². The second-order valence-electron chi connectivity index (χ2n) is 3.64. The van der Waals surface area contributed by atoms with E-state index in [1.54, 1.807) is 0 Å². The van der Waals surface area contributed by atoms with Gasteiger partial charge in [0, 0.05) is 18.9 Å². The molecule has 0 aliphatic rings. The average molecular weight is 220 g/mol. The van der Waals surface area contributed by atoms with Gasteiger partial charge in [-0.15, -0.1) is 17.4 Å². The van der Waals surface area contributed by atoms with Gasteiger partial charge in [-0.2, -0.15) is 0 Å². The Morgan fingerprint density at radius 2 is 2.44 bits per heavy atom. The Morgan fingerprint density at radius 3 is 3.06 bits per heavy atom. The highest BCUT2D eigenvalue weighted by Crippen LogP contribution is 1.98. The Kier molecular flexibility index (Phi) is 4.52. The van der Waals surface area contributed by atoms with Crippen LogP contribution in [0.3, 0.4) is 0 Å². The second kappa shape index (κ2) is 5.91. The lowest BCUT2D eigenvalue weighted by molar-refractivity contribution is 0.0930. The number of rotatable bonds is 5. The molecule has 0 fully saturated rings. The minimum Gasteiger partial charge on any atom is -0.346 e. The number of aromatic amines is 1. The van der Waals surface area contributed by atoms with Gasteiger partial charge in [-0.1, -0.05) is 6.92 Å². The SMILES string of the molecule is C#CCC(C)NC(=O)c1n[nH]c(CCC)n1. The van der Waals surface area contributed by atoms with Gasteiger partial charge >= 0.3 is 0 Å². The molecular weight excluding hydrogens is 204 g/mol. The molecule has 1 heterocycles. The van der Waals surface area contributed by atoms with Crippen molar-refractivity contribution in [2.24, 2.45) is 0 Å². The van der Waals surface area contributed by atoms with Crippen LogP contribution in [0.2, 0.25) is 0 Å². The highest BCUT2D eigenvalue weighted by atomic mass is 16.2. The number of nitrogens with zero attached hydrogens (tertiary/aromatic N) is 2. The van der Waals surface area contributed by atoms with Gasteiger partial charge in [0.15, 0.2) is 0 Å². The van der Waals surface area contributed by atoms with E-state index in [0.717, 1.165) is 18.7 Å². The topological polar surface area (TPSA) is 70.7 Å². The number of nitrogens with one attached hydrogen (secondary N) is 2. The summed E-state index contributed by atoms with van der Waals surface area (Å²) in [6.45, 7) is 3.88. The quantitative estimate of drug-likeness (QED) is 0.724. The molecule has 0 aromatic carbocycles. The van der Waals surface area contributed by atoms with Gasteiger partial charge in [-0.3, -0.25) is 9.89 Å². The van der Waals surface area contributed by atoms with Gasteiger partial charge in [0.05, 0.1) is 0 Å². The Labute approximate surface area is 95.0 Å². The van der Waals surface area contributed by atoms with Crippen molar-refractivity contribution in [1.29, 1.82) is 0 Å². The fourth-order valence-electron chi connectivity index (χ4n) is 1.26. The van der Waals surface area contributed by atoms with Gasteiger partial charge in [0.1, 0.15) is 5.82 Å². The molecule has 16 heavy (non-hydrogen) atoms. The molecular formula is C11H16N4O. The van der Waals surface area contributed by atoms with Crippen LogP contribution in [0.1, 0.15) is 43.1 Å². The first-order chi connectivity index (χ1) is 7.67. The fourth-order valence-corrected chi connectivity index (χ4v) is 1.26. The van der Waals surface area contributed by atoms with Gasteiger partial charge in [0.25, 0.3) is 5.91 Å². The van der Waals surface area contributed by atoms with Crippen molar-refractivity contribution in [3.05, 3.63) is 11.6 Å². The fraction of sp³-hybridized carbons (Fsp3) is 0.545. The maximum absolute atomic E-state index is 11.6. The summed E-state index contributed by atoms with van der Waals surface area (Å²) in [7, 11) is 0. The Bertz CT molecular complexity index is 391. The minimum atomic E-state index is -0.290. The predicted molar refractivity (Wildman–Crippen MR) is 60.8 cm³/mol. The highest BCUT2D eigenvalue weighted by molar-refractivity contribution is 5.90. The molecule has 0 aliphatic carbocycles. The van der Waals surface area contributed by atoms with Crippen molar-refractivity contribution in [1.82, 2.24) is 20.5 Å². The van der Waals surface area contributed by atoms with Crippen molar-refractivity contribution in [2.45, 2.75) is 39.2 Å². The van der Waals surface area contributed by atoms with Gasteiger partial charge in [0.2, 0.25) is 5.82 Å². The van der Waals surface area contributed by atoms with Crippen molar-refractivity contribution < 1.29 is 4.79 Å². The number of hydrogen-bond acceptors (Lipinski definition) is 3. The molecule has 1 aromatic rings. The third-order valence-electron chi connectivity index (χ3n) is 2.02. The van der Waals surface area contributed by atoms with E-state index in [1.165, 1.54) is 0 Å². The zero-order valence-corrected chi connectivity index (χ0v) is 9.58. The van der Waals surface area contributed by atoms with Crippen molar-refractivity contribution in [3.8, 4) is 12.3 Å². The summed E-state index contributed by atoms with van der Waals surface area (Å²) >= 11 is 0. The lowest BCUT2D eigenvalue weighted by Gasteiger charge is -2.07. The number of H-pyrrole nitrogens is 1. The maximum Gasteiger partial charge on any atom is 0.291 e. The van der Waals surface area contributed by atoms with Crippen LogP contribution in [0.5, 0.6) is 0 Å². The molecule has 2 N–H and O–H groups in total. The predicted octanol–water partition coefficient (Wildman–Crippen LogP) is 0.899. The van der Waals surface area contributed by atoms with E-state index in [1.807, 2.05) is 13.8 Å². The summed E-state index contributed by atoms with van der Waals surface area (Å²) in [5, 5.41) is 9.30. The van der Waals surface area contributed by atoms with Crippen LogP contribution < -0.4 is 5.32 Å². The van der Waals surface area contributed by atoms with Crippen LogP contribution >= 0.6 is 0 Å². The third-order valence-corrected chi connectivity index (χ3v) is 2.02. The molecule has 0 saturated carbocycles. The molecule has 0 aliphatic heterocycles. The zero-order chi connectivity index (χ0) is 12.0. The number of aromatic nitrogens is 3. The van der Waals surface area contributed by atoms with E-state index in [4.69, 9.17) is 6.42 Å². The van der Waals surface area contributed by atoms with Crippen molar-refractivity contribution >= 4 is 5.91 Å². The zero-order valence-electron chi connectivity index (χ0n) is 9.58. The summed E-state index contributed by atoms with van der Waals surface area (Å²) < 4.78 is 0. The summed E-state index contributed by atoms with van der Waals surface area (Å²) in [5.41, 5.74) is 0. The first kappa shape index (κ1) is 12.2.